The lowest BCUT2D eigenvalue weighted by molar-refractivity contribution is -0.140. The van der Waals surface area contributed by atoms with E-state index in [-0.39, 0.29) is 36.2 Å². The Balaban J connectivity index is 1.59. The lowest BCUT2D eigenvalue weighted by atomic mass is 9.91. The van der Waals surface area contributed by atoms with Gasteiger partial charge in [-0.2, -0.15) is 0 Å². The molecule has 0 aromatic carbocycles. The summed E-state index contributed by atoms with van der Waals surface area (Å²) in [5.74, 6) is 0.519. The molecule has 33 heavy (non-hydrogen) atoms. The van der Waals surface area contributed by atoms with Crippen molar-refractivity contribution in [1.82, 2.24) is 15.1 Å². The fourth-order valence-corrected chi connectivity index (χ4v) is 4.34. The molecule has 2 aliphatic rings. The van der Waals surface area contributed by atoms with Crippen molar-refractivity contribution in [1.29, 1.82) is 0 Å². The zero-order valence-corrected chi connectivity index (χ0v) is 20.7. The van der Waals surface area contributed by atoms with Crippen molar-refractivity contribution >= 4 is 23.9 Å². The van der Waals surface area contributed by atoms with E-state index in [1.807, 2.05) is 25.7 Å². The highest BCUT2D eigenvalue weighted by Gasteiger charge is 2.28. The summed E-state index contributed by atoms with van der Waals surface area (Å²) in [5.41, 5.74) is -0.484. The highest BCUT2D eigenvalue weighted by molar-refractivity contribution is 5.78. The highest BCUT2D eigenvalue weighted by atomic mass is 16.6. The first-order chi connectivity index (χ1) is 15.6. The minimum atomic E-state index is -0.484. The Morgan fingerprint density at radius 2 is 1.45 bits per heavy atom. The van der Waals surface area contributed by atoms with Crippen molar-refractivity contribution in [2.45, 2.75) is 77.7 Å². The van der Waals surface area contributed by atoms with Crippen LogP contribution in [0.3, 0.4) is 0 Å². The van der Waals surface area contributed by atoms with Crippen molar-refractivity contribution in [3.63, 3.8) is 0 Å². The summed E-state index contributed by atoms with van der Waals surface area (Å²) in [6.45, 7) is 8.64. The zero-order valence-electron chi connectivity index (χ0n) is 20.7. The van der Waals surface area contributed by atoms with Gasteiger partial charge in [0.15, 0.2) is 0 Å². The molecule has 2 fully saturated rings. The van der Waals surface area contributed by atoms with Gasteiger partial charge in [-0.15, -0.1) is 0 Å². The number of esters is 1. The number of methoxy groups -OCH3 is 1. The molecule has 0 aromatic rings. The quantitative estimate of drug-likeness (QED) is 0.550. The lowest BCUT2D eigenvalue weighted by Gasteiger charge is -2.34. The van der Waals surface area contributed by atoms with Gasteiger partial charge in [0, 0.05) is 45.6 Å². The van der Waals surface area contributed by atoms with Gasteiger partial charge in [-0.05, 0) is 64.7 Å². The standard InChI is InChI=1S/C24H41N3O6/c1-24(2,3)33-23(31)27-15-8-18(9-16-27)5-6-21(29)26-13-10-19(11-14-26)17-20(28)25-12-7-22(30)32-4/h18-19H,5-17H2,1-4H3,(H,25,28). The van der Waals surface area contributed by atoms with Gasteiger partial charge < -0.3 is 24.6 Å². The van der Waals surface area contributed by atoms with Crippen LogP contribution in [-0.2, 0) is 23.9 Å². The second-order valence-corrected chi connectivity index (χ2v) is 10.2. The van der Waals surface area contributed by atoms with Gasteiger partial charge in [0.05, 0.1) is 13.5 Å². The van der Waals surface area contributed by atoms with E-state index in [9.17, 15) is 19.2 Å². The molecule has 0 bridgehead atoms. The van der Waals surface area contributed by atoms with Crippen LogP contribution in [0.5, 0.6) is 0 Å². The number of hydrogen-bond acceptors (Lipinski definition) is 6. The summed E-state index contributed by atoms with van der Waals surface area (Å²) in [6.07, 6.45) is 5.19. The molecule has 9 nitrogen and oxygen atoms in total. The average Bonchev–Trinajstić information content (AvgIpc) is 2.77. The number of rotatable bonds is 8. The summed E-state index contributed by atoms with van der Waals surface area (Å²) in [6, 6.07) is 0. The van der Waals surface area contributed by atoms with Crippen LogP contribution < -0.4 is 5.32 Å². The van der Waals surface area contributed by atoms with Gasteiger partial charge in [-0.3, -0.25) is 14.4 Å². The van der Waals surface area contributed by atoms with E-state index >= 15 is 0 Å². The summed E-state index contributed by atoms with van der Waals surface area (Å²) in [4.78, 5) is 51.6. The van der Waals surface area contributed by atoms with E-state index in [0.717, 1.165) is 32.1 Å². The Hall–Kier alpha value is -2.32. The minimum Gasteiger partial charge on any atom is -0.469 e. The maximum Gasteiger partial charge on any atom is 0.410 e. The Labute approximate surface area is 197 Å². The van der Waals surface area contributed by atoms with Crippen molar-refractivity contribution < 1.29 is 28.7 Å². The van der Waals surface area contributed by atoms with E-state index in [4.69, 9.17) is 4.74 Å². The van der Waals surface area contributed by atoms with Crippen LogP contribution in [0.25, 0.3) is 0 Å². The monoisotopic (exact) mass is 467 g/mol. The molecule has 9 heteroatoms. The van der Waals surface area contributed by atoms with Crippen molar-refractivity contribution in [2.75, 3.05) is 39.8 Å². The predicted molar refractivity (Wildman–Crippen MR) is 123 cm³/mol. The summed E-state index contributed by atoms with van der Waals surface area (Å²) >= 11 is 0. The van der Waals surface area contributed by atoms with Crippen LogP contribution in [-0.4, -0.2) is 79.1 Å². The number of carbonyl (C=O) groups is 4. The first-order valence-electron chi connectivity index (χ1n) is 12.2. The molecular formula is C24H41N3O6. The van der Waals surface area contributed by atoms with Crippen LogP contribution >= 0.6 is 0 Å². The normalized spacial score (nSPS) is 18.1. The lowest BCUT2D eigenvalue weighted by Crippen LogP contribution is -2.42. The van der Waals surface area contributed by atoms with E-state index in [2.05, 4.69) is 10.1 Å². The molecular weight excluding hydrogens is 426 g/mol. The van der Waals surface area contributed by atoms with Crippen molar-refractivity contribution in [3.8, 4) is 0 Å². The van der Waals surface area contributed by atoms with Crippen LogP contribution in [0.1, 0.15) is 72.1 Å². The molecule has 2 saturated heterocycles. The number of carbonyl (C=O) groups excluding carboxylic acids is 4. The summed E-state index contributed by atoms with van der Waals surface area (Å²) in [7, 11) is 1.33. The molecule has 0 atom stereocenters. The number of hydrogen-bond donors (Lipinski definition) is 1. The predicted octanol–water partition coefficient (Wildman–Crippen LogP) is 2.72. The second kappa shape index (κ2) is 12.8. The highest BCUT2D eigenvalue weighted by Crippen LogP contribution is 2.25. The summed E-state index contributed by atoms with van der Waals surface area (Å²) in [5, 5.41) is 2.75. The Morgan fingerprint density at radius 3 is 2.03 bits per heavy atom. The first kappa shape index (κ1) is 26.9. The zero-order chi connectivity index (χ0) is 24.4. The van der Waals surface area contributed by atoms with E-state index in [0.29, 0.717) is 51.5 Å². The van der Waals surface area contributed by atoms with E-state index in [1.54, 1.807) is 4.90 Å². The molecule has 2 rings (SSSR count). The Morgan fingerprint density at radius 1 is 0.879 bits per heavy atom. The third kappa shape index (κ3) is 10.0. The molecule has 0 saturated carbocycles. The molecule has 1 N–H and O–H groups in total. The van der Waals surface area contributed by atoms with Crippen molar-refractivity contribution in [3.05, 3.63) is 0 Å². The number of nitrogens with zero attached hydrogens (tertiary/aromatic N) is 2. The maximum absolute atomic E-state index is 12.7. The van der Waals surface area contributed by atoms with E-state index in [1.165, 1.54) is 7.11 Å². The fourth-order valence-electron chi connectivity index (χ4n) is 4.34. The second-order valence-electron chi connectivity index (χ2n) is 10.2. The van der Waals surface area contributed by atoms with Crippen LogP contribution in [0, 0.1) is 11.8 Å². The number of nitrogens with one attached hydrogen (secondary N) is 1. The Kier molecular flexibility index (Phi) is 10.4. The van der Waals surface area contributed by atoms with Crippen LogP contribution in [0.4, 0.5) is 4.79 Å². The van der Waals surface area contributed by atoms with Gasteiger partial charge in [0.2, 0.25) is 11.8 Å². The fraction of sp³-hybridized carbons (Fsp3) is 0.833. The maximum atomic E-state index is 12.7. The van der Waals surface area contributed by atoms with Gasteiger partial charge in [-0.25, -0.2) is 4.79 Å². The molecule has 2 heterocycles. The summed E-state index contributed by atoms with van der Waals surface area (Å²) < 4.78 is 9.99. The minimum absolute atomic E-state index is 0.0543. The largest absolute Gasteiger partial charge is 0.469 e. The van der Waals surface area contributed by atoms with Gasteiger partial charge in [0.25, 0.3) is 0 Å². The van der Waals surface area contributed by atoms with E-state index < -0.39 is 5.60 Å². The van der Waals surface area contributed by atoms with Gasteiger partial charge in [-0.1, -0.05) is 0 Å². The molecule has 0 aliphatic carbocycles. The molecule has 3 amide bonds. The van der Waals surface area contributed by atoms with Crippen LogP contribution in [0.15, 0.2) is 0 Å². The molecule has 2 aliphatic heterocycles. The molecule has 188 valence electrons. The average molecular weight is 468 g/mol. The van der Waals surface area contributed by atoms with Gasteiger partial charge >= 0.3 is 12.1 Å². The van der Waals surface area contributed by atoms with Crippen LogP contribution in [0.2, 0.25) is 0 Å². The third-order valence-corrected chi connectivity index (χ3v) is 6.35. The Bertz CT molecular complexity index is 674. The molecule has 0 radical (unpaired) electrons. The number of piperidine rings is 2. The van der Waals surface area contributed by atoms with Crippen molar-refractivity contribution in [2.24, 2.45) is 11.8 Å². The molecule has 0 spiro atoms. The number of likely N-dealkylation sites (tertiary alicyclic amines) is 2. The SMILES string of the molecule is COC(=O)CCNC(=O)CC1CCN(C(=O)CCC2CCN(C(=O)OC(C)(C)C)CC2)CC1. The smallest absolute Gasteiger partial charge is 0.410 e. The number of ether oxygens (including phenoxy) is 2. The topological polar surface area (TPSA) is 105 Å². The molecule has 0 aromatic heterocycles. The first-order valence-corrected chi connectivity index (χ1v) is 12.2. The molecule has 0 unspecified atom stereocenters. The third-order valence-electron chi connectivity index (χ3n) is 6.35. The number of amides is 3. The van der Waals surface area contributed by atoms with Gasteiger partial charge in [0.1, 0.15) is 5.60 Å².